The first-order valence-electron chi connectivity index (χ1n) is 9.33. The summed E-state index contributed by atoms with van der Waals surface area (Å²) in [5, 5.41) is 13.6. The largest absolute Gasteiger partial charge is 0.493 e. The van der Waals surface area contributed by atoms with Gasteiger partial charge in [-0.25, -0.2) is 0 Å². The van der Waals surface area contributed by atoms with Gasteiger partial charge in [0.2, 0.25) is 0 Å². The lowest BCUT2D eigenvalue weighted by molar-refractivity contribution is -0.112. The lowest BCUT2D eigenvalue weighted by atomic mass is 10.1. The topological polar surface area (TPSA) is 71.3 Å². The van der Waals surface area contributed by atoms with Crippen LogP contribution in [0.2, 0.25) is 15.1 Å². The van der Waals surface area contributed by atoms with Crippen molar-refractivity contribution in [3.05, 3.63) is 92.4 Å². The molecule has 0 radical (unpaired) electrons. The van der Waals surface area contributed by atoms with Crippen molar-refractivity contribution in [1.29, 1.82) is 5.26 Å². The number of methoxy groups -OCH3 is 1. The maximum atomic E-state index is 12.5. The Balaban J connectivity index is 1.80. The lowest BCUT2D eigenvalue weighted by Gasteiger charge is -2.14. The summed E-state index contributed by atoms with van der Waals surface area (Å²) in [6.07, 6.45) is 1.42. The number of halogens is 3. The Morgan fingerprint density at radius 3 is 2.25 bits per heavy atom. The van der Waals surface area contributed by atoms with Crippen LogP contribution in [0.1, 0.15) is 11.1 Å². The van der Waals surface area contributed by atoms with E-state index >= 15 is 0 Å². The number of carbonyl (C=O) groups excluding carboxylic acids is 1. The number of nitrogens with one attached hydrogen (secondary N) is 1. The van der Waals surface area contributed by atoms with Crippen molar-refractivity contribution < 1.29 is 14.3 Å². The summed E-state index contributed by atoms with van der Waals surface area (Å²) >= 11 is 18.2. The van der Waals surface area contributed by atoms with Gasteiger partial charge in [-0.05, 0) is 65.7 Å². The smallest absolute Gasteiger partial charge is 0.266 e. The summed E-state index contributed by atoms with van der Waals surface area (Å²) in [7, 11) is 1.48. The van der Waals surface area contributed by atoms with Gasteiger partial charge < -0.3 is 14.8 Å². The lowest BCUT2D eigenvalue weighted by Crippen LogP contribution is -2.13. The van der Waals surface area contributed by atoms with E-state index in [1.54, 1.807) is 48.5 Å². The fraction of sp³-hybridized carbons (Fsp3) is 0.0833. The Hall–Kier alpha value is -3.17. The number of hydrogen-bond acceptors (Lipinski definition) is 4. The molecule has 0 aliphatic heterocycles. The van der Waals surface area contributed by atoms with Gasteiger partial charge in [0.05, 0.1) is 12.1 Å². The van der Waals surface area contributed by atoms with E-state index in [1.807, 2.05) is 18.2 Å². The van der Waals surface area contributed by atoms with Crippen molar-refractivity contribution in [1.82, 2.24) is 0 Å². The zero-order valence-electron chi connectivity index (χ0n) is 16.9. The number of nitrogens with zero attached hydrogens (tertiary/aromatic N) is 1. The second-order valence-electron chi connectivity index (χ2n) is 6.58. The number of anilines is 1. The van der Waals surface area contributed by atoms with Gasteiger partial charge in [0.1, 0.15) is 18.2 Å². The SMILES string of the molecule is COc1cc(/C=C(/C#N)C(=O)Nc2ccc(Cl)cc2)cc(Cl)c1OCc1ccc(Cl)cc1. The third-order valence-electron chi connectivity index (χ3n) is 4.33. The number of hydrogen-bond donors (Lipinski definition) is 1. The average Bonchev–Trinajstić information content (AvgIpc) is 2.79. The predicted octanol–water partition coefficient (Wildman–Crippen LogP) is 6.78. The first-order chi connectivity index (χ1) is 15.4. The normalized spacial score (nSPS) is 10.9. The molecule has 162 valence electrons. The molecule has 0 fully saturated rings. The summed E-state index contributed by atoms with van der Waals surface area (Å²) < 4.78 is 11.2. The second kappa shape index (κ2) is 10.9. The summed E-state index contributed by atoms with van der Waals surface area (Å²) in [5.41, 5.74) is 1.82. The molecule has 0 unspecified atom stereocenters. The van der Waals surface area contributed by atoms with Gasteiger partial charge >= 0.3 is 0 Å². The third-order valence-corrected chi connectivity index (χ3v) is 5.11. The number of carbonyl (C=O) groups is 1. The van der Waals surface area contributed by atoms with Crippen molar-refractivity contribution >= 4 is 52.5 Å². The molecule has 0 bridgehead atoms. The van der Waals surface area contributed by atoms with Gasteiger partial charge in [0, 0.05) is 15.7 Å². The van der Waals surface area contributed by atoms with Crippen molar-refractivity contribution in [2.75, 3.05) is 12.4 Å². The van der Waals surface area contributed by atoms with E-state index in [-0.39, 0.29) is 17.2 Å². The standard InChI is InChI=1S/C24H17Cl3N2O3/c1-31-22-12-16(10-17(13-28)24(30)29-20-8-6-19(26)7-9-20)11-21(27)23(22)32-14-15-2-4-18(25)5-3-15/h2-12H,14H2,1H3,(H,29,30)/b17-10-. The summed E-state index contributed by atoms with van der Waals surface area (Å²) in [6, 6.07) is 18.9. The highest BCUT2D eigenvalue weighted by atomic mass is 35.5. The Kier molecular flexibility index (Phi) is 8.02. The van der Waals surface area contributed by atoms with E-state index in [4.69, 9.17) is 44.3 Å². The molecule has 0 aliphatic rings. The highest BCUT2D eigenvalue weighted by Gasteiger charge is 2.14. The van der Waals surface area contributed by atoms with Crippen molar-refractivity contribution in [2.24, 2.45) is 0 Å². The van der Waals surface area contributed by atoms with Gasteiger partial charge in [-0.3, -0.25) is 4.79 Å². The first-order valence-corrected chi connectivity index (χ1v) is 10.5. The van der Waals surface area contributed by atoms with Crippen molar-refractivity contribution in [3.63, 3.8) is 0 Å². The van der Waals surface area contributed by atoms with Gasteiger partial charge in [-0.1, -0.05) is 46.9 Å². The van der Waals surface area contributed by atoms with Crippen LogP contribution in [0.3, 0.4) is 0 Å². The average molecular weight is 488 g/mol. The minimum absolute atomic E-state index is 0.104. The molecule has 0 aromatic heterocycles. The molecule has 1 N–H and O–H groups in total. The zero-order chi connectivity index (χ0) is 23.1. The number of ether oxygens (including phenoxy) is 2. The molecule has 0 saturated carbocycles. The van der Waals surface area contributed by atoms with E-state index in [2.05, 4.69) is 5.32 Å². The van der Waals surface area contributed by atoms with Crippen LogP contribution in [0.25, 0.3) is 6.08 Å². The molecule has 0 atom stereocenters. The second-order valence-corrected chi connectivity index (χ2v) is 7.86. The number of amides is 1. The molecule has 0 saturated heterocycles. The van der Waals surface area contributed by atoms with Crippen LogP contribution in [0.15, 0.2) is 66.2 Å². The van der Waals surface area contributed by atoms with Crippen LogP contribution in [-0.4, -0.2) is 13.0 Å². The van der Waals surface area contributed by atoms with Crippen LogP contribution < -0.4 is 14.8 Å². The van der Waals surface area contributed by atoms with Crippen molar-refractivity contribution in [2.45, 2.75) is 6.61 Å². The zero-order valence-corrected chi connectivity index (χ0v) is 19.1. The van der Waals surface area contributed by atoms with E-state index in [9.17, 15) is 10.1 Å². The molecule has 5 nitrogen and oxygen atoms in total. The van der Waals surface area contributed by atoms with E-state index in [0.717, 1.165) is 5.56 Å². The molecule has 3 aromatic rings. The Bertz CT molecular complexity index is 1180. The number of benzene rings is 3. The minimum atomic E-state index is -0.562. The van der Waals surface area contributed by atoms with E-state index < -0.39 is 5.91 Å². The summed E-state index contributed by atoms with van der Waals surface area (Å²) in [6.45, 7) is 0.259. The molecule has 8 heteroatoms. The van der Waals surface area contributed by atoms with E-state index in [0.29, 0.717) is 32.8 Å². The summed E-state index contributed by atoms with van der Waals surface area (Å²) in [4.78, 5) is 12.5. The third kappa shape index (κ3) is 6.18. The molecule has 3 rings (SSSR count). The van der Waals surface area contributed by atoms with Gasteiger partial charge in [-0.2, -0.15) is 5.26 Å². The minimum Gasteiger partial charge on any atom is -0.493 e. The van der Waals surface area contributed by atoms with Gasteiger partial charge in [0.15, 0.2) is 11.5 Å². The fourth-order valence-electron chi connectivity index (χ4n) is 2.75. The molecule has 32 heavy (non-hydrogen) atoms. The molecule has 0 spiro atoms. The summed E-state index contributed by atoms with van der Waals surface area (Å²) in [5.74, 6) is 0.159. The quantitative estimate of drug-likeness (QED) is 0.294. The monoisotopic (exact) mass is 486 g/mol. The first kappa shape index (κ1) is 23.5. The van der Waals surface area contributed by atoms with Crippen LogP contribution in [0, 0.1) is 11.3 Å². The highest BCUT2D eigenvalue weighted by molar-refractivity contribution is 6.32. The molecule has 3 aromatic carbocycles. The Labute approximate surface area is 200 Å². The van der Waals surface area contributed by atoms with Crippen LogP contribution >= 0.6 is 34.8 Å². The maximum Gasteiger partial charge on any atom is 0.266 e. The van der Waals surface area contributed by atoms with E-state index in [1.165, 1.54) is 13.2 Å². The van der Waals surface area contributed by atoms with Crippen LogP contribution in [0.4, 0.5) is 5.69 Å². The number of nitriles is 1. The molecular formula is C24H17Cl3N2O3. The molecule has 0 heterocycles. The van der Waals surface area contributed by atoms with Crippen LogP contribution in [0.5, 0.6) is 11.5 Å². The van der Waals surface area contributed by atoms with Gasteiger partial charge in [-0.15, -0.1) is 0 Å². The molecular weight excluding hydrogens is 471 g/mol. The molecule has 1 amide bonds. The fourth-order valence-corrected chi connectivity index (χ4v) is 3.27. The maximum absolute atomic E-state index is 12.5. The molecule has 0 aliphatic carbocycles. The number of rotatable bonds is 7. The van der Waals surface area contributed by atoms with Gasteiger partial charge in [0.25, 0.3) is 5.91 Å². The van der Waals surface area contributed by atoms with Crippen LogP contribution in [-0.2, 0) is 11.4 Å². The van der Waals surface area contributed by atoms with Crippen molar-refractivity contribution in [3.8, 4) is 17.6 Å². The Morgan fingerprint density at radius 2 is 1.66 bits per heavy atom. The Morgan fingerprint density at radius 1 is 1.03 bits per heavy atom. The highest BCUT2D eigenvalue weighted by Crippen LogP contribution is 2.37. The predicted molar refractivity (Wildman–Crippen MR) is 127 cm³/mol.